The number of fused-ring (bicyclic) bond motifs is 1. The third kappa shape index (κ3) is 3.05. The van der Waals surface area contributed by atoms with Crippen LogP contribution in [0.15, 0.2) is 55.4 Å². The zero-order chi connectivity index (χ0) is 19.7. The van der Waals surface area contributed by atoms with E-state index in [9.17, 15) is 14.4 Å². The van der Waals surface area contributed by atoms with Crippen LogP contribution in [0.25, 0.3) is 0 Å². The quantitative estimate of drug-likeness (QED) is 0.594. The molecule has 1 N–H and O–H groups in total. The van der Waals surface area contributed by atoms with Crippen LogP contribution in [0.1, 0.15) is 31.1 Å². The van der Waals surface area contributed by atoms with Crippen LogP contribution in [0.4, 0.5) is 5.69 Å². The topological polar surface area (TPSA) is 75.1 Å². The molecule has 7 nitrogen and oxygen atoms in total. The van der Waals surface area contributed by atoms with Gasteiger partial charge in [0, 0.05) is 56.1 Å². The third-order valence-electron chi connectivity index (χ3n) is 5.16. The van der Waals surface area contributed by atoms with Gasteiger partial charge in [0.1, 0.15) is 0 Å². The van der Waals surface area contributed by atoms with Crippen LogP contribution in [0.3, 0.4) is 0 Å². The number of hydrogen-bond acceptors (Lipinski definition) is 4. The first kappa shape index (κ1) is 17.9. The first-order valence-corrected chi connectivity index (χ1v) is 9.21. The molecule has 4 rings (SSSR count). The fourth-order valence-corrected chi connectivity index (χ4v) is 3.66. The summed E-state index contributed by atoms with van der Waals surface area (Å²) in [4.78, 5) is 45.9. The number of anilines is 1. The highest BCUT2D eigenvalue weighted by Gasteiger charge is 2.35. The van der Waals surface area contributed by atoms with E-state index in [0.717, 1.165) is 23.7 Å². The number of hydrogen-bond donors (Lipinski definition) is 0. The molecule has 0 spiro atoms. The van der Waals surface area contributed by atoms with Crippen LogP contribution in [0.2, 0.25) is 0 Å². The molecule has 0 aliphatic carbocycles. The lowest BCUT2D eigenvalue weighted by atomic mass is 10.0. The molecule has 3 amide bonds. The van der Waals surface area contributed by atoms with Crippen LogP contribution >= 0.6 is 0 Å². The molecule has 3 heterocycles. The number of nitrogens with one attached hydrogen (secondary N) is 1. The highest BCUT2D eigenvalue weighted by atomic mass is 16.2. The van der Waals surface area contributed by atoms with E-state index >= 15 is 0 Å². The molecule has 2 aliphatic rings. The standard InChI is InChI=1S/C21H20N4O3/c1-2-9-25-20(27)17-4-3-15(14-18(17)21(25)28)19(26)24-12-10-23(11-13-24)16-5-7-22-8-6-16/h2-8,14H,1,9-13H2/p+1. The van der Waals surface area contributed by atoms with Crippen LogP contribution < -0.4 is 9.88 Å². The summed E-state index contributed by atoms with van der Waals surface area (Å²) in [7, 11) is 0. The van der Waals surface area contributed by atoms with Crippen molar-refractivity contribution < 1.29 is 19.4 Å². The van der Waals surface area contributed by atoms with E-state index in [2.05, 4.69) is 16.5 Å². The second kappa shape index (κ2) is 7.26. The Hall–Kier alpha value is -3.48. The minimum atomic E-state index is -0.375. The summed E-state index contributed by atoms with van der Waals surface area (Å²) in [6.45, 7) is 6.42. The Balaban J connectivity index is 1.48. The third-order valence-corrected chi connectivity index (χ3v) is 5.16. The minimum absolute atomic E-state index is 0.119. The van der Waals surface area contributed by atoms with Crippen molar-refractivity contribution in [3.63, 3.8) is 0 Å². The van der Waals surface area contributed by atoms with Gasteiger partial charge >= 0.3 is 0 Å². The van der Waals surface area contributed by atoms with Crippen molar-refractivity contribution in [2.24, 2.45) is 0 Å². The van der Waals surface area contributed by atoms with Gasteiger partial charge in [0.05, 0.1) is 11.1 Å². The number of H-pyrrole nitrogens is 1. The van der Waals surface area contributed by atoms with Gasteiger partial charge in [-0.05, 0) is 18.2 Å². The summed E-state index contributed by atoms with van der Waals surface area (Å²) < 4.78 is 0. The maximum absolute atomic E-state index is 12.9. The summed E-state index contributed by atoms with van der Waals surface area (Å²) in [5.41, 5.74) is 2.18. The molecule has 1 fully saturated rings. The number of imide groups is 1. The molecule has 0 bridgehead atoms. The Labute approximate surface area is 162 Å². The lowest BCUT2D eigenvalue weighted by molar-refractivity contribution is -0.377. The van der Waals surface area contributed by atoms with Crippen molar-refractivity contribution >= 4 is 23.4 Å². The van der Waals surface area contributed by atoms with Gasteiger partial charge in [-0.3, -0.25) is 19.3 Å². The van der Waals surface area contributed by atoms with E-state index in [1.807, 2.05) is 24.5 Å². The SMILES string of the molecule is C=CCN1C(=O)c2ccc(C(=O)N3CCN(c4cc[nH+]cc4)CC3)cc2C1=O. The molecular formula is C21H21N4O3+. The predicted molar refractivity (Wildman–Crippen MR) is 103 cm³/mol. The van der Waals surface area contributed by atoms with Crippen molar-refractivity contribution in [1.82, 2.24) is 9.80 Å². The molecule has 2 aliphatic heterocycles. The number of nitrogens with zero attached hydrogens (tertiary/aromatic N) is 3. The van der Waals surface area contributed by atoms with Gasteiger partial charge in [-0.1, -0.05) is 6.08 Å². The highest BCUT2D eigenvalue weighted by molar-refractivity contribution is 6.22. The minimum Gasteiger partial charge on any atom is -0.368 e. The Morgan fingerprint density at radius 1 is 1.00 bits per heavy atom. The van der Waals surface area contributed by atoms with Crippen LogP contribution in [-0.2, 0) is 0 Å². The summed E-state index contributed by atoms with van der Waals surface area (Å²) in [6, 6.07) is 8.76. The van der Waals surface area contributed by atoms with E-state index in [-0.39, 0.29) is 29.8 Å². The molecule has 28 heavy (non-hydrogen) atoms. The molecule has 0 saturated carbocycles. The van der Waals surface area contributed by atoms with Crippen LogP contribution in [0, 0.1) is 0 Å². The van der Waals surface area contributed by atoms with E-state index < -0.39 is 0 Å². The average molecular weight is 377 g/mol. The number of rotatable bonds is 4. The maximum atomic E-state index is 12.9. The monoisotopic (exact) mass is 377 g/mol. The molecule has 1 aromatic heterocycles. The van der Waals surface area contributed by atoms with Gasteiger partial charge in [0.25, 0.3) is 17.7 Å². The lowest BCUT2D eigenvalue weighted by Gasteiger charge is -2.35. The van der Waals surface area contributed by atoms with Gasteiger partial charge in [0.2, 0.25) is 0 Å². The van der Waals surface area contributed by atoms with E-state index in [1.165, 1.54) is 6.08 Å². The van der Waals surface area contributed by atoms with Gasteiger partial charge in [-0.2, -0.15) is 0 Å². The number of benzene rings is 1. The number of carbonyl (C=O) groups excluding carboxylic acids is 3. The van der Waals surface area contributed by atoms with Crippen molar-refractivity contribution in [3.8, 4) is 0 Å². The molecule has 1 aromatic carbocycles. The van der Waals surface area contributed by atoms with E-state index in [4.69, 9.17) is 0 Å². The predicted octanol–water partition coefficient (Wildman–Crippen LogP) is 1.25. The first-order valence-electron chi connectivity index (χ1n) is 9.21. The molecule has 0 unspecified atom stereocenters. The number of piperazine rings is 1. The lowest BCUT2D eigenvalue weighted by Crippen LogP contribution is -2.48. The Morgan fingerprint density at radius 2 is 1.68 bits per heavy atom. The fourth-order valence-electron chi connectivity index (χ4n) is 3.66. The second-order valence-corrected chi connectivity index (χ2v) is 6.81. The number of aromatic nitrogens is 1. The first-order chi connectivity index (χ1) is 13.6. The highest BCUT2D eigenvalue weighted by Crippen LogP contribution is 2.25. The summed E-state index contributed by atoms with van der Waals surface area (Å²) in [6.07, 6.45) is 5.27. The van der Waals surface area contributed by atoms with Gasteiger partial charge in [-0.25, -0.2) is 4.98 Å². The zero-order valence-electron chi connectivity index (χ0n) is 15.4. The molecule has 0 atom stereocenters. The van der Waals surface area contributed by atoms with Crippen LogP contribution in [0.5, 0.6) is 0 Å². The Kier molecular flexibility index (Phi) is 4.65. The number of carbonyl (C=O) groups is 3. The molecule has 2 aromatic rings. The average Bonchev–Trinajstić information content (AvgIpc) is 2.99. The normalized spacial score (nSPS) is 16.4. The largest absolute Gasteiger partial charge is 0.368 e. The number of pyridine rings is 1. The van der Waals surface area contributed by atoms with Crippen molar-refractivity contribution in [2.75, 3.05) is 37.6 Å². The molecule has 7 heteroatoms. The Bertz CT molecular complexity index is 949. The smallest absolute Gasteiger partial charge is 0.261 e. The van der Waals surface area contributed by atoms with Crippen LogP contribution in [-0.4, -0.2) is 60.2 Å². The molecular weight excluding hydrogens is 356 g/mol. The second-order valence-electron chi connectivity index (χ2n) is 6.81. The van der Waals surface area contributed by atoms with Gasteiger partial charge < -0.3 is 9.80 Å². The number of aromatic amines is 1. The zero-order valence-corrected chi connectivity index (χ0v) is 15.4. The number of amides is 3. The van der Waals surface area contributed by atoms with Crippen molar-refractivity contribution in [1.29, 1.82) is 0 Å². The Morgan fingerprint density at radius 3 is 2.36 bits per heavy atom. The summed E-state index contributed by atoms with van der Waals surface area (Å²) in [5.74, 6) is -0.834. The molecule has 1 saturated heterocycles. The van der Waals surface area contributed by atoms with Gasteiger partial charge in [-0.15, -0.1) is 6.58 Å². The fraction of sp³-hybridized carbons (Fsp3) is 0.238. The maximum Gasteiger partial charge on any atom is 0.261 e. The van der Waals surface area contributed by atoms with E-state index in [1.54, 1.807) is 23.1 Å². The molecule has 0 radical (unpaired) electrons. The van der Waals surface area contributed by atoms with E-state index in [0.29, 0.717) is 24.2 Å². The summed E-state index contributed by atoms with van der Waals surface area (Å²) >= 11 is 0. The van der Waals surface area contributed by atoms with Crippen molar-refractivity contribution in [2.45, 2.75) is 0 Å². The van der Waals surface area contributed by atoms with Gasteiger partial charge in [0.15, 0.2) is 12.4 Å². The summed E-state index contributed by atoms with van der Waals surface area (Å²) in [5, 5.41) is 0. The molecule has 142 valence electrons. The van der Waals surface area contributed by atoms with Crippen molar-refractivity contribution in [3.05, 3.63) is 72.1 Å².